The molecule has 0 saturated heterocycles. The zero-order valence-electron chi connectivity index (χ0n) is 8.79. The van der Waals surface area contributed by atoms with Crippen LogP contribution >= 0.6 is 0 Å². The number of rotatable bonds is 2. The molecule has 14 heavy (non-hydrogen) atoms. The second-order valence-corrected chi connectivity index (χ2v) is 4.06. The van der Waals surface area contributed by atoms with Crippen LogP contribution in [0.2, 0.25) is 0 Å². The predicted octanol–water partition coefficient (Wildman–Crippen LogP) is 1.83. The highest BCUT2D eigenvalue weighted by Gasteiger charge is 2.22. The molecule has 1 aromatic rings. The molecule has 2 heterocycles. The first-order chi connectivity index (χ1) is 6.74. The first-order valence-corrected chi connectivity index (χ1v) is 5.23. The fourth-order valence-electron chi connectivity index (χ4n) is 2.40. The molecular weight excluding hydrogens is 176 g/mol. The molecule has 2 rings (SSSR count). The third-order valence-electron chi connectivity index (χ3n) is 3.04. The minimum atomic E-state index is 0.466. The first kappa shape index (κ1) is 9.44. The molecule has 0 N–H and O–H groups in total. The lowest BCUT2D eigenvalue weighted by Crippen LogP contribution is -2.15. The van der Waals surface area contributed by atoms with Gasteiger partial charge in [-0.3, -0.25) is 0 Å². The number of hydrogen-bond acceptors (Lipinski definition) is 2. The van der Waals surface area contributed by atoms with E-state index in [1.807, 2.05) is 6.92 Å². The van der Waals surface area contributed by atoms with E-state index in [0.717, 1.165) is 24.3 Å². The molecule has 76 valence electrons. The van der Waals surface area contributed by atoms with Crippen molar-refractivity contribution in [2.24, 2.45) is 0 Å². The van der Waals surface area contributed by atoms with Crippen LogP contribution in [-0.2, 0) is 17.8 Å². The lowest BCUT2D eigenvalue weighted by Gasteiger charge is -2.22. The molecule has 0 aliphatic carbocycles. The number of imidazole rings is 1. The maximum atomic E-state index is 10.5. The molecular formula is C11H16N2O. The second kappa shape index (κ2) is 3.56. The normalized spacial score (nSPS) is 20.6. The summed E-state index contributed by atoms with van der Waals surface area (Å²) in [5.74, 6) is 1.61. The van der Waals surface area contributed by atoms with Crippen molar-refractivity contribution in [1.82, 2.24) is 9.55 Å². The molecule has 0 fully saturated rings. The zero-order valence-corrected chi connectivity index (χ0v) is 8.79. The minimum Gasteiger partial charge on any atom is -0.332 e. The van der Waals surface area contributed by atoms with E-state index in [2.05, 4.69) is 16.5 Å². The van der Waals surface area contributed by atoms with Crippen molar-refractivity contribution in [2.75, 3.05) is 0 Å². The van der Waals surface area contributed by atoms with E-state index in [-0.39, 0.29) is 0 Å². The summed E-state index contributed by atoms with van der Waals surface area (Å²) in [5.41, 5.74) is 2.28. The summed E-state index contributed by atoms with van der Waals surface area (Å²) in [7, 11) is 0. The monoisotopic (exact) mass is 192 g/mol. The molecule has 1 aliphatic heterocycles. The van der Waals surface area contributed by atoms with Gasteiger partial charge in [0.25, 0.3) is 0 Å². The minimum absolute atomic E-state index is 0.466. The maximum Gasteiger partial charge on any atom is 0.126 e. The van der Waals surface area contributed by atoms with Crippen LogP contribution in [0.3, 0.4) is 0 Å². The number of carbonyl (C=O) groups is 1. The van der Waals surface area contributed by atoms with Crippen molar-refractivity contribution in [2.45, 2.75) is 45.6 Å². The highest BCUT2D eigenvalue weighted by atomic mass is 16.1. The molecule has 0 aromatic carbocycles. The number of fused-ring (bicyclic) bond motifs is 1. The Labute approximate surface area is 84.1 Å². The lowest BCUT2D eigenvalue weighted by molar-refractivity contribution is -0.107. The summed E-state index contributed by atoms with van der Waals surface area (Å²) in [6.07, 6.45) is 3.86. The van der Waals surface area contributed by atoms with Crippen molar-refractivity contribution in [3.63, 3.8) is 0 Å². The van der Waals surface area contributed by atoms with Gasteiger partial charge >= 0.3 is 0 Å². The van der Waals surface area contributed by atoms with Gasteiger partial charge in [0.1, 0.15) is 12.1 Å². The van der Waals surface area contributed by atoms with Crippen molar-refractivity contribution >= 4 is 6.29 Å². The van der Waals surface area contributed by atoms with E-state index in [1.165, 1.54) is 18.5 Å². The van der Waals surface area contributed by atoms with E-state index in [1.54, 1.807) is 0 Å². The van der Waals surface area contributed by atoms with Gasteiger partial charge in [0.05, 0.1) is 5.69 Å². The van der Waals surface area contributed by atoms with Gasteiger partial charge in [0, 0.05) is 18.7 Å². The number of nitrogens with zero attached hydrogens (tertiary/aromatic N) is 2. The summed E-state index contributed by atoms with van der Waals surface area (Å²) in [4.78, 5) is 15.0. The highest BCUT2D eigenvalue weighted by Crippen LogP contribution is 2.30. The number of aldehydes is 1. The van der Waals surface area contributed by atoms with Crippen molar-refractivity contribution in [3.8, 4) is 0 Å². The van der Waals surface area contributed by atoms with Crippen LogP contribution < -0.4 is 0 Å². The Morgan fingerprint density at radius 2 is 2.43 bits per heavy atom. The van der Waals surface area contributed by atoms with E-state index in [9.17, 15) is 4.79 Å². The van der Waals surface area contributed by atoms with E-state index in [4.69, 9.17) is 0 Å². The second-order valence-electron chi connectivity index (χ2n) is 4.06. The van der Waals surface area contributed by atoms with Gasteiger partial charge < -0.3 is 9.36 Å². The number of hydrogen-bond donors (Lipinski definition) is 0. The van der Waals surface area contributed by atoms with Crippen LogP contribution in [0.15, 0.2) is 0 Å². The maximum absolute atomic E-state index is 10.5. The third kappa shape index (κ3) is 1.37. The Morgan fingerprint density at radius 1 is 1.64 bits per heavy atom. The lowest BCUT2D eigenvalue weighted by atomic mass is 9.96. The smallest absolute Gasteiger partial charge is 0.126 e. The molecule has 1 unspecified atom stereocenters. The highest BCUT2D eigenvalue weighted by molar-refractivity contribution is 5.54. The predicted molar refractivity (Wildman–Crippen MR) is 54.4 cm³/mol. The summed E-state index contributed by atoms with van der Waals surface area (Å²) < 4.78 is 2.27. The summed E-state index contributed by atoms with van der Waals surface area (Å²) in [6, 6.07) is 0. The molecule has 1 aliphatic rings. The third-order valence-corrected chi connectivity index (χ3v) is 3.04. The van der Waals surface area contributed by atoms with E-state index >= 15 is 0 Å². The molecule has 0 amide bonds. The fourth-order valence-corrected chi connectivity index (χ4v) is 2.40. The molecule has 0 radical (unpaired) electrons. The van der Waals surface area contributed by atoms with Crippen LogP contribution in [0.25, 0.3) is 0 Å². The first-order valence-electron chi connectivity index (χ1n) is 5.23. The van der Waals surface area contributed by atoms with Crippen LogP contribution in [0.1, 0.15) is 42.9 Å². The fraction of sp³-hybridized carbons (Fsp3) is 0.636. The van der Waals surface area contributed by atoms with Gasteiger partial charge in [0.15, 0.2) is 0 Å². The topological polar surface area (TPSA) is 34.9 Å². The molecule has 0 saturated carbocycles. The van der Waals surface area contributed by atoms with Crippen LogP contribution in [-0.4, -0.2) is 15.8 Å². The number of aromatic nitrogens is 2. The Hall–Kier alpha value is -1.12. The van der Waals surface area contributed by atoms with Crippen molar-refractivity contribution < 1.29 is 4.79 Å². The average Bonchev–Trinajstić information content (AvgIpc) is 2.46. The molecule has 3 heteroatoms. The summed E-state index contributed by atoms with van der Waals surface area (Å²) in [5, 5.41) is 0. The average molecular weight is 192 g/mol. The standard InChI is InChI=1S/C11H16N2O/c1-8-4-3-6-13-9(2)12-10(5-7-14)11(8)13/h7-8H,3-6H2,1-2H3. The SMILES string of the molecule is Cc1nc(CC=O)c2n1CCCC2C. The van der Waals surface area contributed by atoms with Crippen LogP contribution in [0.5, 0.6) is 0 Å². The quantitative estimate of drug-likeness (QED) is 0.670. The summed E-state index contributed by atoms with van der Waals surface area (Å²) in [6.45, 7) is 5.31. The van der Waals surface area contributed by atoms with E-state index in [0.29, 0.717) is 12.3 Å². The van der Waals surface area contributed by atoms with Gasteiger partial charge in [-0.2, -0.15) is 0 Å². The molecule has 1 aromatic heterocycles. The van der Waals surface area contributed by atoms with Crippen molar-refractivity contribution in [1.29, 1.82) is 0 Å². The molecule has 3 nitrogen and oxygen atoms in total. The van der Waals surface area contributed by atoms with Crippen molar-refractivity contribution in [3.05, 3.63) is 17.2 Å². The van der Waals surface area contributed by atoms with Gasteiger partial charge in [0.2, 0.25) is 0 Å². The van der Waals surface area contributed by atoms with Gasteiger partial charge in [-0.05, 0) is 25.7 Å². The molecule has 1 atom stereocenters. The van der Waals surface area contributed by atoms with Gasteiger partial charge in [-0.25, -0.2) is 4.98 Å². The van der Waals surface area contributed by atoms with E-state index < -0.39 is 0 Å². The molecule has 0 spiro atoms. The Bertz CT molecular complexity index is 354. The van der Waals surface area contributed by atoms with Gasteiger partial charge in [-0.15, -0.1) is 0 Å². The van der Waals surface area contributed by atoms with Crippen LogP contribution in [0, 0.1) is 6.92 Å². The Balaban J connectivity index is 2.47. The molecule has 0 bridgehead atoms. The van der Waals surface area contributed by atoms with Gasteiger partial charge in [-0.1, -0.05) is 6.92 Å². The zero-order chi connectivity index (χ0) is 10.1. The largest absolute Gasteiger partial charge is 0.332 e. The summed E-state index contributed by atoms with van der Waals surface area (Å²) >= 11 is 0. The number of aryl methyl sites for hydroxylation is 1. The Kier molecular flexibility index (Phi) is 2.40. The van der Waals surface area contributed by atoms with Crippen LogP contribution in [0.4, 0.5) is 0 Å². The number of carbonyl (C=O) groups excluding carboxylic acids is 1. The Morgan fingerprint density at radius 3 is 3.14 bits per heavy atom.